The largest absolute Gasteiger partial charge is 0.512 e. The normalized spacial score (nSPS) is 10.6. The third-order valence-corrected chi connectivity index (χ3v) is 1.45. The fourth-order valence-electron chi connectivity index (χ4n) is 0.389. The molecule has 86 valence electrons. The van der Waals surface area contributed by atoms with Crippen LogP contribution in [0, 0.1) is 0 Å². The van der Waals surface area contributed by atoms with Crippen LogP contribution in [0.5, 0.6) is 0 Å². The van der Waals surface area contributed by atoms with Gasteiger partial charge < -0.3 is 15.3 Å². The maximum Gasteiger partial charge on any atom is 0.334 e. The molecule has 0 fully saturated rings. The summed E-state index contributed by atoms with van der Waals surface area (Å²) in [5.41, 5.74) is 0.201. The maximum absolute atomic E-state index is 10.1. The van der Waals surface area contributed by atoms with E-state index in [-0.39, 0.29) is 16.9 Å². The van der Waals surface area contributed by atoms with E-state index >= 15 is 0 Å². The Kier molecular flexibility index (Phi) is 7.95. The fraction of sp³-hybridized carbons (Fsp3) is 0.400. The molecule has 0 aliphatic rings. The molecule has 5 nitrogen and oxygen atoms in total. The molecule has 0 saturated heterocycles. The molecule has 0 atom stereocenters. The van der Waals surface area contributed by atoms with E-state index < -0.39 is 11.9 Å². The Balaban J connectivity index is 0. The quantitative estimate of drug-likeness (QED) is 0.495. The van der Waals surface area contributed by atoms with Crippen LogP contribution >= 0.6 is 0 Å². The number of carboxylic acids is 2. The number of carboxylic acid groups (broad SMARTS) is 2. The van der Waals surface area contributed by atoms with Gasteiger partial charge >= 0.3 is 11.9 Å². The number of aliphatic hydroxyl groups excluding tert-OH is 1. The van der Waals surface area contributed by atoms with Gasteiger partial charge in [-0.25, -0.2) is 9.59 Å². The molecule has 15 heavy (non-hydrogen) atoms. The van der Waals surface area contributed by atoms with Gasteiger partial charge in [0.15, 0.2) is 0 Å². The SMILES string of the molecule is C=C(C)C(=O)O.CCC(O)=C(C)C(=O)O. The molecule has 0 aromatic rings. The first-order valence-electron chi connectivity index (χ1n) is 4.24. The zero-order chi connectivity index (χ0) is 12.6. The van der Waals surface area contributed by atoms with E-state index in [0.717, 1.165) is 0 Å². The fourth-order valence-corrected chi connectivity index (χ4v) is 0.389. The van der Waals surface area contributed by atoms with Crippen molar-refractivity contribution >= 4 is 11.9 Å². The van der Waals surface area contributed by atoms with Crippen molar-refractivity contribution in [3.63, 3.8) is 0 Å². The number of hydrogen-bond acceptors (Lipinski definition) is 3. The van der Waals surface area contributed by atoms with E-state index in [2.05, 4.69) is 6.58 Å². The second-order valence-corrected chi connectivity index (χ2v) is 2.82. The molecule has 0 aliphatic carbocycles. The first-order chi connectivity index (χ1) is 6.73. The predicted octanol–water partition coefficient (Wildman–Crippen LogP) is 1.96. The van der Waals surface area contributed by atoms with Crippen molar-refractivity contribution in [2.75, 3.05) is 0 Å². The molecule has 0 aromatic heterocycles. The van der Waals surface area contributed by atoms with Crippen molar-refractivity contribution in [3.8, 4) is 0 Å². The minimum absolute atomic E-state index is 0.0255. The highest BCUT2D eigenvalue weighted by molar-refractivity contribution is 5.86. The molecular weight excluding hydrogens is 200 g/mol. The van der Waals surface area contributed by atoms with E-state index in [0.29, 0.717) is 6.42 Å². The van der Waals surface area contributed by atoms with Crippen LogP contribution in [-0.2, 0) is 9.59 Å². The van der Waals surface area contributed by atoms with Crippen LogP contribution in [0.25, 0.3) is 0 Å². The summed E-state index contributed by atoms with van der Waals surface area (Å²) in [7, 11) is 0. The number of rotatable bonds is 3. The van der Waals surface area contributed by atoms with E-state index in [4.69, 9.17) is 15.3 Å². The molecule has 3 N–H and O–H groups in total. The van der Waals surface area contributed by atoms with E-state index in [1.165, 1.54) is 13.8 Å². The van der Waals surface area contributed by atoms with Crippen molar-refractivity contribution in [2.45, 2.75) is 27.2 Å². The average Bonchev–Trinajstić information content (AvgIpc) is 2.16. The molecular formula is C10H16O5. The van der Waals surface area contributed by atoms with Gasteiger partial charge in [-0.05, 0) is 13.8 Å². The first kappa shape index (κ1) is 15.7. The van der Waals surface area contributed by atoms with Gasteiger partial charge in [-0.15, -0.1) is 0 Å². The Labute approximate surface area is 88.4 Å². The van der Waals surface area contributed by atoms with Gasteiger partial charge in [-0.2, -0.15) is 0 Å². The predicted molar refractivity (Wildman–Crippen MR) is 55.7 cm³/mol. The smallest absolute Gasteiger partial charge is 0.334 e. The maximum atomic E-state index is 10.1. The van der Waals surface area contributed by atoms with E-state index in [1.807, 2.05) is 0 Å². The van der Waals surface area contributed by atoms with Gasteiger partial charge in [0.1, 0.15) is 5.76 Å². The highest BCUT2D eigenvalue weighted by atomic mass is 16.4. The number of hydrogen-bond donors (Lipinski definition) is 3. The third-order valence-electron chi connectivity index (χ3n) is 1.45. The summed E-state index contributed by atoms with van der Waals surface area (Å²) in [5.74, 6) is -2.05. The van der Waals surface area contributed by atoms with Gasteiger partial charge in [-0.1, -0.05) is 13.5 Å². The lowest BCUT2D eigenvalue weighted by Gasteiger charge is -1.95. The zero-order valence-electron chi connectivity index (χ0n) is 9.07. The molecule has 0 unspecified atom stereocenters. The Morgan fingerprint density at radius 2 is 1.40 bits per heavy atom. The Hall–Kier alpha value is -1.78. The van der Waals surface area contributed by atoms with Crippen molar-refractivity contribution in [1.29, 1.82) is 0 Å². The van der Waals surface area contributed by atoms with Crippen molar-refractivity contribution in [2.24, 2.45) is 0 Å². The summed E-state index contributed by atoms with van der Waals surface area (Å²) in [6.45, 7) is 7.67. The lowest BCUT2D eigenvalue weighted by atomic mass is 10.2. The van der Waals surface area contributed by atoms with Gasteiger partial charge in [0, 0.05) is 12.0 Å². The monoisotopic (exact) mass is 216 g/mol. The average molecular weight is 216 g/mol. The van der Waals surface area contributed by atoms with Gasteiger partial charge in [0.25, 0.3) is 0 Å². The molecule has 0 bridgehead atoms. The first-order valence-corrected chi connectivity index (χ1v) is 4.24. The van der Waals surface area contributed by atoms with Gasteiger partial charge in [-0.3, -0.25) is 0 Å². The standard InChI is InChI=1S/C6H10O3.C4H6O2/c1-3-5(7)4(2)6(8)9;1-3(2)4(5)6/h7H,3H2,1-2H3,(H,8,9);1H2,2H3,(H,5,6). The molecule has 0 radical (unpaired) electrons. The molecule has 0 aromatic carbocycles. The topological polar surface area (TPSA) is 94.8 Å². The molecule has 0 aliphatic heterocycles. The Bertz CT molecular complexity index is 276. The Morgan fingerprint density at radius 1 is 1.07 bits per heavy atom. The van der Waals surface area contributed by atoms with Crippen LogP contribution < -0.4 is 0 Å². The minimum atomic E-state index is -1.06. The lowest BCUT2D eigenvalue weighted by molar-refractivity contribution is -0.133. The second-order valence-electron chi connectivity index (χ2n) is 2.82. The van der Waals surface area contributed by atoms with Crippen LogP contribution in [0.15, 0.2) is 23.5 Å². The van der Waals surface area contributed by atoms with Crippen LogP contribution in [0.4, 0.5) is 0 Å². The van der Waals surface area contributed by atoms with Crippen molar-refractivity contribution in [3.05, 3.63) is 23.5 Å². The molecule has 0 spiro atoms. The summed E-state index contributed by atoms with van der Waals surface area (Å²) in [6.07, 6.45) is 0.373. The van der Waals surface area contributed by atoms with Crippen LogP contribution in [-0.4, -0.2) is 27.3 Å². The third kappa shape index (κ3) is 8.55. The lowest BCUT2D eigenvalue weighted by Crippen LogP contribution is -1.99. The number of allylic oxidation sites excluding steroid dienone is 1. The molecule has 5 heteroatoms. The number of carbonyl (C=O) groups is 2. The molecule has 0 heterocycles. The van der Waals surface area contributed by atoms with E-state index in [1.54, 1.807) is 6.92 Å². The highest BCUT2D eigenvalue weighted by Gasteiger charge is 2.04. The summed E-state index contributed by atoms with van der Waals surface area (Å²) in [5, 5.41) is 25.0. The minimum Gasteiger partial charge on any atom is -0.512 e. The van der Waals surface area contributed by atoms with Gasteiger partial charge in [0.05, 0.1) is 5.57 Å². The van der Waals surface area contributed by atoms with Crippen molar-refractivity contribution in [1.82, 2.24) is 0 Å². The van der Waals surface area contributed by atoms with Crippen molar-refractivity contribution < 1.29 is 24.9 Å². The zero-order valence-corrected chi connectivity index (χ0v) is 9.07. The van der Waals surface area contributed by atoms with Gasteiger partial charge in [0.2, 0.25) is 0 Å². The summed E-state index contributed by atoms with van der Waals surface area (Å²) in [4.78, 5) is 19.7. The van der Waals surface area contributed by atoms with Crippen LogP contribution in [0.3, 0.4) is 0 Å². The van der Waals surface area contributed by atoms with Crippen LogP contribution in [0.1, 0.15) is 27.2 Å². The molecule has 0 amide bonds. The Morgan fingerprint density at radius 3 is 1.47 bits per heavy atom. The molecule has 0 saturated carbocycles. The highest BCUT2D eigenvalue weighted by Crippen LogP contribution is 2.03. The van der Waals surface area contributed by atoms with E-state index in [9.17, 15) is 9.59 Å². The number of aliphatic hydroxyl groups is 1. The second kappa shape index (κ2) is 7.61. The number of aliphatic carboxylic acids is 2. The van der Waals surface area contributed by atoms with Crippen LogP contribution in [0.2, 0.25) is 0 Å². The summed E-state index contributed by atoms with van der Waals surface area (Å²) >= 11 is 0. The molecule has 0 rings (SSSR count). The summed E-state index contributed by atoms with van der Waals surface area (Å²) < 4.78 is 0. The summed E-state index contributed by atoms with van der Waals surface area (Å²) in [6, 6.07) is 0.